The maximum Gasteiger partial charge on any atom is 0.274 e. The van der Waals surface area contributed by atoms with E-state index in [1.807, 2.05) is 24.4 Å². The molecule has 0 radical (unpaired) electrons. The number of nitrogens with one attached hydrogen (secondary N) is 1. The molecule has 27 heavy (non-hydrogen) atoms. The molecule has 1 aliphatic rings. The average molecular weight is 404 g/mol. The van der Waals surface area contributed by atoms with Gasteiger partial charge in [-0.15, -0.1) is 11.3 Å². The number of anilines is 1. The minimum absolute atomic E-state index is 0.0988. The van der Waals surface area contributed by atoms with Crippen molar-refractivity contribution in [3.05, 3.63) is 46.2 Å². The number of nitrogens with zero attached hydrogens (tertiary/aromatic N) is 4. The third-order valence-corrected chi connectivity index (χ3v) is 5.66. The minimum atomic E-state index is -0.114. The van der Waals surface area contributed by atoms with Gasteiger partial charge in [0.2, 0.25) is 5.95 Å². The van der Waals surface area contributed by atoms with Crippen molar-refractivity contribution in [1.29, 1.82) is 0 Å². The van der Waals surface area contributed by atoms with Gasteiger partial charge in [0, 0.05) is 32.6 Å². The Labute approximate surface area is 165 Å². The van der Waals surface area contributed by atoms with E-state index in [2.05, 4.69) is 20.3 Å². The Morgan fingerprint density at radius 3 is 2.96 bits per heavy atom. The van der Waals surface area contributed by atoms with Crippen LogP contribution in [0.25, 0.3) is 10.2 Å². The number of fused-ring (bicyclic) bond motifs is 1. The number of carbonyl (C=O) groups excluding carboxylic acids is 1. The van der Waals surface area contributed by atoms with Gasteiger partial charge in [0.05, 0.1) is 27.4 Å². The van der Waals surface area contributed by atoms with Gasteiger partial charge >= 0.3 is 0 Å². The Balaban J connectivity index is 1.61. The first-order chi connectivity index (χ1) is 13.0. The molecule has 3 aromatic rings. The molecule has 0 aromatic carbocycles. The molecule has 1 amide bonds. The molecule has 4 heterocycles. The summed E-state index contributed by atoms with van der Waals surface area (Å²) >= 11 is 7.49. The minimum Gasteiger partial charge on any atom is -0.378 e. The lowest BCUT2D eigenvalue weighted by atomic mass is 10.1. The number of aromatic nitrogens is 3. The second kappa shape index (κ2) is 7.38. The Morgan fingerprint density at radius 2 is 2.22 bits per heavy atom. The Morgan fingerprint density at radius 1 is 1.41 bits per heavy atom. The first kappa shape index (κ1) is 18.1. The smallest absolute Gasteiger partial charge is 0.274 e. The van der Waals surface area contributed by atoms with Gasteiger partial charge in [0.25, 0.3) is 5.91 Å². The largest absolute Gasteiger partial charge is 0.378 e. The number of thiophene rings is 1. The summed E-state index contributed by atoms with van der Waals surface area (Å²) in [6.45, 7) is 3.13. The second-order valence-corrected chi connectivity index (χ2v) is 7.75. The lowest BCUT2D eigenvalue weighted by Crippen LogP contribution is -2.54. The zero-order valence-corrected chi connectivity index (χ0v) is 16.4. The van der Waals surface area contributed by atoms with E-state index in [0.29, 0.717) is 29.8 Å². The molecule has 1 atom stereocenters. The number of halogens is 1. The molecule has 7 nitrogen and oxygen atoms in total. The van der Waals surface area contributed by atoms with E-state index >= 15 is 0 Å². The number of rotatable bonds is 5. The van der Waals surface area contributed by atoms with E-state index in [-0.39, 0.29) is 18.1 Å². The van der Waals surface area contributed by atoms with E-state index < -0.39 is 0 Å². The van der Waals surface area contributed by atoms with E-state index in [9.17, 15) is 4.79 Å². The van der Waals surface area contributed by atoms with Gasteiger partial charge in [-0.05, 0) is 30.0 Å². The van der Waals surface area contributed by atoms with Crippen LogP contribution in [0.3, 0.4) is 0 Å². The maximum atomic E-state index is 12.9. The van der Waals surface area contributed by atoms with Crippen molar-refractivity contribution in [3.63, 3.8) is 0 Å². The number of pyridine rings is 1. The van der Waals surface area contributed by atoms with Crippen molar-refractivity contribution in [2.24, 2.45) is 0 Å². The summed E-state index contributed by atoms with van der Waals surface area (Å²) in [5.74, 6) is 0.304. The molecule has 1 fully saturated rings. The van der Waals surface area contributed by atoms with Crippen LogP contribution in [0.5, 0.6) is 0 Å². The number of ether oxygens (including phenoxy) is 1. The normalized spacial score (nSPS) is 15.6. The van der Waals surface area contributed by atoms with Gasteiger partial charge in [-0.1, -0.05) is 11.6 Å². The summed E-state index contributed by atoms with van der Waals surface area (Å²) < 4.78 is 6.05. The fourth-order valence-corrected chi connectivity index (χ4v) is 3.91. The predicted molar refractivity (Wildman–Crippen MR) is 105 cm³/mol. The number of hydrogen-bond acceptors (Lipinski definition) is 7. The lowest BCUT2D eigenvalue weighted by molar-refractivity contribution is -0.0193. The highest BCUT2D eigenvalue weighted by Crippen LogP contribution is 2.27. The molecule has 9 heteroatoms. The van der Waals surface area contributed by atoms with Crippen LogP contribution >= 0.6 is 22.9 Å². The van der Waals surface area contributed by atoms with Crippen LogP contribution in [-0.2, 0) is 4.74 Å². The zero-order valence-electron chi connectivity index (χ0n) is 14.8. The zero-order chi connectivity index (χ0) is 19.0. The van der Waals surface area contributed by atoms with E-state index in [4.69, 9.17) is 16.3 Å². The summed E-state index contributed by atoms with van der Waals surface area (Å²) in [5, 5.41) is 5.73. The third kappa shape index (κ3) is 3.60. The predicted octanol–water partition coefficient (Wildman–Crippen LogP) is 3.38. The van der Waals surface area contributed by atoms with Crippen molar-refractivity contribution in [3.8, 4) is 0 Å². The van der Waals surface area contributed by atoms with Crippen LogP contribution in [0.1, 0.15) is 29.0 Å². The average Bonchev–Trinajstić information content (AvgIpc) is 3.08. The lowest BCUT2D eigenvalue weighted by Gasteiger charge is -2.37. The molecule has 0 bridgehead atoms. The van der Waals surface area contributed by atoms with Crippen molar-refractivity contribution in [2.75, 3.05) is 25.5 Å². The van der Waals surface area contributed by atoms with Crippen molar-refractivity contribution >= 4 is 45.0 Å². The van der Waals surface area contributed by atoms with Crippen molar-refractivity contribution in [1.82, 2.24) is 19.9 Å². The fraction of sp³-hybridized carbons (Fsp3) is 0.333. The van der Waals surface area contributed by atoms with Crippen LogP contribution in [0.15, 0.2) is 29.9 Å². The van der Waals surface area contributed by atoms with Gasteiger partial charge in [-0.2, -0.15) is 0 Å². The summed E-state index contributed by atoms with van der Waals surface area (Å²) in [6.07, 6.45) is 3.43. The quantitative estimate of drug-likeness (QED) is 0.703. The van der Waals surface area contributed by atoms with Crippen LogP contribution in [0.4, 0.5) is 5.95 Å². The molecule has 1 saturated heterocycles. The Bertz CT molecular complexity index is 989. The fourth-order valence-electron chi connectivity index (χ4n) is 2.92. The number of hydrogen-bond donors (Lipinski definition) is 1. The number of likely N-dealkylation sites (tertiary alicyclic amines) is 1. The summed E-state index contributed by atoms with van der Waals surface area (Å²) in [7, 11) is 1.66. The van der Waals surface area contributed by atoms with E-state index in [1.165, 1.54) is 11.3 Å². The topological polar surface area (TPSA) is 80.2 Å². The van der Waals surface area contributed by atoms with Crippen LogP contribution in [0, 0.1) is 0 Å². The van der Waals surface area contributed by atoms with E-state index in [0.717, 1.165) is 15.8 Å². The first-order valence-corrected chi connectivity index (χ1v) is 9.75. The first-order valence-electron chi connectivity index (χ1n) is 8.49. The van der Waals surface area contributed by atoms with Crippen LogP contribution in [0.2, 0.25) is 5.02 Å². The summed E-state index contributed by atoms with van der Waals surface area (Å²) in [4.78, 5) is 27.8. The third-order valence-electron chi connectivity index (χ3n) is 4.55. The monoisotopic (exact) mass is 403 g/mol. The molecule has 0 saturated carbocycles. The molecule has 1 unspecified atom stereocenters. The number of amides is 1. The highest BCUT2D eigenvalue weighted by atomic mass is 35.5. The molecule has 3 aromatic heterocycles. The molecule has 0 spiro atoms. The van der Waals surface area contributed by atoms with Gasteiger partial charge in [0.1, 0.15) is 0 Å². The Hall–Kier alpha value is -2.29. The highest BCUT2D eigenvalue weighted by molar-refractivity contribution is 7.17. The van der Waals surface area contributed by atoms with Crippen LogP contribution < -0.4 is 5.32 Å². The standard InChI is InChI=1S/C18H18ClN5O2S/c1-10(11-5-12(19)7-20-6-11)21-18-22-14-3-4-27-16(14)15(23-18)17(25)24-8-13(9-24)26-2/h3-7,10,13H,8-9H2,1-2H3,(H,21,22,23). The SMILES string of the molecule is COC1CN(C(=O)c2nc(NC(C)c3cncc(Cl)c3)nc3ccsc23)C1. The second-order valence-electron chi connectivity index (χ2n) is 6.40. The van der Waals surface area contributed by atoms with Gasteiger partial charge in [0.15, 0.2) is 5.69 Å². The number of carbonyl (C=O) groups is 1. The molecule has 1 N–H and O–H groups in total. The molecular weight excluding hydrogens is 386 g/mol. The maximum absolute atomic E-state index is 12.9. The molecule has 0 aliphatic carbocycles. The molecular formula is C18H18ClN5O2S. The van der Waals surface area contributed by atoms with Gasteiger partial charge in [-0.25, -0.2) is 9.97 Å². The highest BCUT2D eigenvalue weighted by Gasteiger charge is 2.33. The van der Waals surface area contributed by atoms with E-state index in [1.54, 1.807) is 24.4 Å². The summed E-state index contributed by atoms with van der Waals surface area (Å²) in [5.41, 5.74) is 2.08. The van der Waals surface area contributed by atoms with Crippen molar-refractivity contribution < 1.29 is 9.53 Å². The number of methoxy groups -OCH3 is 1. The molecule has 1 aliphatic heterocycles. The summed E-state index contributed by atoms with van der Waals surface area (Å²) in [6, 6.07) is 3.62. The molecule has 4 rings (SSSR count). The Kier molecular flexibility index (Phi) is 4.94. The van der Waals surface area contributed by atoms with Crippen molar-refractivity contribution in [2.45, 2.75) is 19.1 Å². The molecule has 140 valence electrons. The van der Waals surface area contributed by atoms with Gasteiger partial charge in [-0.3, -0.25) is 9.78 Å². The van der Waals surface area contributed by atoms with Gasteiger partial charge < -0.3 is 15.0 Å². The van der Waals surface area contributed by atoms with Crippen LogP contribution in [-0.4, -0.2) is 52.1 Å².